The van der Waals surface area contributed by atoms with Gasteiger partial charge in [0.15, 0.2) is 0 Å². The number of nitrogens with zero attached hydrogens (tertiary/aromatic N) is 1. The summed E-state index contributed by atoms with van der Waals surface area (Å²) in [5.41, 5.74) is 5.58. The van der Waals surface area contributed by atoms with Gasteiger partial charge in [-0.2, -0.15) is 13.2 Å². The Kier molecular flexibility index (Phi) is 10.00. The van der Waals surface area contributed by atoms with Crippen molar-refractivity contribution in [2.75, 3.05) is 6.54 Å². The predicted octanol–water partition coefficient (Wildman–Crippen LogP) is 2.73. The molecule has 164 valence electrons. The number of aliphatic hydroxyl groups excluding tert-OH is 1. The first-order valence-electron chi connectivity index (χ1n) is 9.20. The van der Waals surface area contributed by atoms with Gasteiger partial charge in [0, 0.05) is 25.0 Å². The van der Waals surface area contributed by atoms with E-state index in [9.17, 15) is 18.3 Å². The van der Waals surface area contributed by atoms with E-state index >= 15 is 0 Å². The molecule has 0 radical (unpaired) electrons. The Morgan fingerprint density at radius 2 is 1.87 bits per heavy atom. The lowest BCUT2D eigenvalue weighted by atomic mass is 10.1. The number of alkyl halides is 3. The van der Waals surface area contributed by atoms with Crippen LogP contribution in [0.5, 0.6) is 0 Å². The SMILES string of the molecule is C=CC1=C(C=C)CC(NCC(O)C/C=C/n2cc(C(F)(F)F)ccc2=N)C1.NC=O. The molecular weight excluding hydrogens is 397 g/mol. The number of pyridine rings is 1. The first kappa shape index (κ1) is 25.1. The second-order valence-corrected chi connectivity index (χ2v) is 6.59. The number of aliphatic hydroxyl groups is 1. The molecule has 30 heavy (non-hydrogen) atoms. The number of hydrogen-bond donors (Lipinski definition) is 4. The third kappa shape index (κ3) is 7.84. The summed E-state index contributed by atoms with van der Waals surface area (Å²) in [4.78, 5) is 8.58. The fraction of sp³-hybridized carbons (Fsp3) is 0.333. The molecule has 1 atom stereocenters. The zero-order valence-corrected chi connectivity index (χ0v) is 16.5. The van der Waals surface area contributed by atoms with Gasteiger partial charge in [0.1, 0.15) is 5.49 Å². The molecule has 0 saturated carbocycles. The molecule has 0 fully saturated rings. The van der Waals surface area contributed by atoms with E-state index < -0.39 is 17.8 Å². The van der Waals surface area contributed by atoms with Crippen LogP contribution in [-0.2, 0) is 11.0 Å². The zero-order chi connectivity index (χ0) is 22.7. The molecule has 1 amide bonds. The maximum Gasteiger partial charge on any atom is 0.417 e. The molecule has 1 aliphatic carbocycles. The number of primary amides is 1. The number of amides is 1. The van der Waals surface area contributed by atoms with Crippen molar-refractivity contribution in [3.8, 4) is 0 Å². The summed E-state index contributed by atoms with van der Waals surface area (Å²) in [6, 6.07) is 2.17. The van der Waals surface area contributed by atoms with Crippen LogP contribution in [0.4, 0.5) is 13.2 Å². The monoisotopic (exact) mass is 424 g/mol. The average Bonchev–Trinajstić information content (AvgIpc) is 3.10. The standard InChI is InChI=1S/C20H24F3N3O.CH3NO/c1-3-14-10-17(11-15(14)4-2)25-12-18(27)6-5-9-26-13-16(20(21,22)23)7-8-19(26)24;2-1-3/h3-5,7-9,13,17-18,24-25,27H,1-2,6,10-12H2;1H,(H2,2,3)/b9-5+,24-19?;. The minimum absolute atomic E-state index is 0.0715. The molecule has 0 bridgehead atoms. The molecule has 1 aromatic rings. The van der Waals surface area contributed by atoms with E-state index in [4.69, 9.17) is 10.2 Å². The summed E-state index contributed by atoms with van der Waals surface area (Å²) in [6.07, 6.45) is 4.46. The number of carbonyl (C=O) groups is 1. The van der Waals surface area contributed by atoms with Crippen LogP contribution in [0, 0.1) is 5.41 Å². The molecule has 1 aromatic heterocycles. The summed E-state index contributed by atoms with van der Waals surface area (Å²) in [5, 5.41) is 21.0. The summed E-state index contributed by atoms with van der Waals surface area (Å²) in [6.45, 7) is 7.94. The Morgan fingerprint density at radius 3 is 2.37 bits per heavy atom. The smallest absolute Gasteiger partial charge is 0.391 e. The van der Waals surface area contributed by atoms with Crippen LogP contribution in [0.25, 0.3) is 6.20 Å². The molecule has 1 aliphatic rings. The van der Waals surface area contributed by atoms with Crippen molar-refractivity contribution >= 4 is 12.6 Å². The van der Waals surface area contributed by atoms with Crippen molar-refractivity contribution in [2.45, 2.75) is 37.6 Å². The second-order valence-electron chi connectivity index (χ2n) is 6.59. The van der Waals surface area contributed by atoms with Crippen molar-refractivity contribution in [2.24, 2.45) is 5.73 Å². The molecule has 6 nitrogen and oxygen atoms in total. The van der Waals surface area contributed by atoms with Crippen LogP contribution in [0.15, 0.2) is 60.9 Å². The van der Waals surface area contributed by atoms with Gasteiger partial charge < -0.3 is 20.7 Å². The maximum atomic E-state index is 12.7. The zero-order valence-electron chi connectivity index (χ0n) is 16.5. The predicted molar refractivity (Wildman–Crippen MR) is 110 cm³/mol. The topological polar surface area (TPSA) is 104 Å². The fourth-order valence-corrected chi connectivity index (χ4v) is 2.96. The Morgan fingerprint density at radius 1 is 1.30 bits per heavy atom. The largest absolute Gasteiger partial charge is 0.417 e. The lowest BCUT2D eigenvalue weighted by molar-refractivity contribution is -0.138. The molecule has 9 heteroatoms. The highest BCUT2D eigenvalue weighted by atomic mass is 19.4. The fourth-order valence-electron chi connectivity index (χ4n) is 2.96. The number of aromatic nitrogens is 1. The first-order chi connectivity index (χ1) is 14.2. The number of allylic oxidation sites excluding steroid dienone is 2. The van der Waals surface area contributed by atoms with Crippen molar-refractivity contribution < 1.29 is 23.1 Å². The van der Waals surface area contributed by atoms with Gasteiger partial charge in [-0.25, -0.2) is 0 Å². The van der Waals surface area contributed by atoms with E-state index in [0.717, 1.165) is 46.9 Å². The van der Waals surface area contributed by atoms with Crippen molar-refractivity contribution in [3.05, 3.63) is 71.9 Å². The molecule has 5 N–H and O–H groups in total. The van der Waals surface area contributed by atoms with Crippen LogP contribution in [0.1, 0.15) is 24.8 Å². The summed E-state index contributed by atoms with van der Waals surface area (Å²) < 4.78 is 39.3. The van der Waals surface area contributed by atoms with E-state index in [1.807, 2.05) is 12.2 Å². The van der Waals surface area contributed by atoms with E-state index in [2.05, 4.69) is 24.2 Å². The normalized spacial score (nSPS) is 15.6. The van der Waals surface area contributed by atoms with Gasteiger partial charge in [-0.15, -0.1) is 0 Å². The van der Waals surface area contributed by atoms with Crippen LogP contribution < -0.4 is 16.5 Å². The van der Waals surface area contributed by atoms with E-state index in [1.54, 1.807) is 6.08 Å². The summed E-state index contributed by atoms with van der Waals surface area (Å²) >= 11 is 0. The number of rotatable bonds is 8. The summed E-state index contributed by atoms with van der Waals surface area (Å²) in [5.74, 6) is 0. The van der Waals surface area contributed by atoms with Crippen molar-refractivity contribution in [3.63, 3.8) is 0 Å². The number of nitrogens with two attached hydrogens (primary N) is 1. The molecule has 1 unspecified atom stereocenters. The van der Waals surface area contributed by atoms with Crippen LogP contribution in [0.2, 0.25) is 0 Å². The molecule has 1 heterocycles. The molecule has 0 saturated heterocycles. The molecule has 0 aromatic carbocycles. The lowest BCUT2D eigenvalue weighted by Crippen LogP contribution is -2.34. The van der Waals surface area contributed by atoms with Crippen molar-refractivity contribution in [1.82, 2.24) is 9.88 Å². The van der Waals surface area contributed by atoms with E-state index in [1.165, 1.54) is 6.20 Å². The van der Waals surface area contributed by atoms with Gasteiger partial charge in [-0.1, -0.05) is 31.4 Å². The van der Waals surface area contributed by atoms with Gasteiger partial charge in [-0.3, -0.25) is 10.2 Å². The van der Waals surface area contributed by atoms with Crippen LogP contribution in [0.3, 0.4) is 0 Å². The minimum Gasteiger partial charge on any atom is -0.391 e. The summed E-state index contributed by atoms with van der Waals surface area (Å²) in [7, 11) is 0. The number of nitrogens with one attached hydrogen (secondary N) is 2. The molecule has 0 spiro atoms. The molecule has 2 rings (SSSR count). The van der Waals surface area contributed by atoms with Crippen LogP contribution >= 0.6 is 0 Å². The van der Waals surface area contributed by atoms with Crippen molar-refractivity contribution in [1.29, 1.82) is 5.41 Å². The van der Waals surface area contributed by atoms with E-state index in [-0.39, 0.29) is 24.4 Å². The Hall–Kier alpha value is -2.91. The van der Waals surface area contributed by atoms with E-state index in [0.29, 0.717) is 6.54 Å². The highest BCUT2D eigenvalue weighted by Crippen LogP contribution is 2.28. The highest BCUT2D eigenvalue weighted by Gasteiger charge is 2.30. The third-order valence-corrected chi connectivity index (χ3v) is 4.46. The van der Waals surface area contributed by atoms with Gasteiger partial charge >= 0.3 is 6.18 Å². The average molecular weight is 424 g/mol. The Bertz CT molecular complexity index is 837. The molecule has 0 aliphatic heterocycles. The number of halogens is 3. The van der Waals surface area contributed by atoms with Crippen LogP contribution in [-0.4, -0.2) is 34.8 Å². The van der Waals surface area contributed by atoms with Gasteiger partial charge in [0.2, 0.25) is 6.41 Å². The number of carbonyl (C=O) groups excluding carboxylic acids is 1. The van der Waals surface area contributed by atoms with Gasteiger partial charge in [-0.05, 0) is 42.5 Å². The molecular formula is C21H27F3N4O2. The minimum atomic E-state index is -4.46. The first-order valence-corrected chi connectivity index (χ1v) is 9.20. The lowest BCUT2D eigenvalue weighted by Gasteiger charge is -2.16. The quantitative estimate of drug-likeness (QED) is 0.483. The Labute approximate surface area is 173 Å². The Balaban J connectivity index is 0.00000141. The van der Waals surface area contributed by atoms with Gasteiger partial charge in [0.05, 0.1) is 11.7 Å². The third-order valence-electron chi connectivity index (χ3n) is 4.46. The second kappa shape index (κ2) is 11.9. The highest BCUT2D eigenvalue weighted by molar-refractivity contribution is 5.42. The van der Waals surface area contributed by atoms with Gasteiger partial charge in [0.25, 0.3) is 0 Å². The number of hydrogen-bond acceptors (Lipinski definition) is 4. The maximum absolute atomic E-state index is 12.7.